The van der Waals surface area contributed by atoms with Gasteiger partial charge < -0.3 is 4.57 Å². The highest BCUT2D eigenvalue weighted by molar-refractivity contribution is 7.90. The van der Waals surface area contributed by atoms with E-state index in [4.69, 9.17) is 0 Å². The second kappa shape index (κ2) is 5.62. The minimum Gasteiger partial charge on any atom is -0.329 e. The van der Waals surface area contributed by atoms with Gasteiger partial charge in [0.2, 0.25) is 10.0 Å². The number of hydrogen-bond donors (Lipinski definition) is 0. The first-order valence-corrected chi connectivity index (χ1v) is 9.89. The maximum Gasteiger partial charge on any atom is 0.217 e. The lowest BCUT2D eigenvalue weighted by Crippen LogP contribution is -2.36. The van der Waals surface area contributed by atoms with Crippen LogP contribution in [0.2, 0.25) is 0 Å². The summed E-state index contributed by atoms with van der Waals surface area (Å²) >= 11 is 0. The second-order valence-electron chi connectivity index (χ2n) is 6.69. The summed E-state index contributed by atoms with van der Waals surface area (Å²) in [6.07, 6.45) is 6.96. The maximum atomic E-state index is 12.4. The zero-order valence-corrected chi connectivity index (χ0v) is 13.8. The minimum atomic E-state index is -3.06. The van der Waals surface area contributed by atoms with E-state index in [2.05, 4.69) is 14.5 Å². The molecule has 0 radical (unpaired) electrons. The first-order chi connectivity index (χ1) is 10.6. The van der Waals surface area contributed by atoms with Gasteiger partial charge in [0.1, 0.15) is 5.82 Å². The fourth-order valence-corrected chi connectivity index (χ4v) is 5.44. The van der Waals surface area contributed by atoms with Crippen molar-refractivity contribution < 1.29 is 8.42 Å². The molecule has 0 amide bonds. The predicted octanol–water partition coefficient (Wildman–Crippen LogP) is 0.829. The number of likely N-dealkylation sites (tertiary alicyclic amines) is 1. The van der Waals surface area contributed by atoms with Crippen molar-refractivity contribution in [2.24, 2.45) is 0 Å². The van der Waals surface area contributed by atoms with E-state index in [0.717, 1.165) is 38.2 Å². The third kappa shape index (κ3) is 2.70. The second-order valence-corrected chi connectivity index (χ2v) is 8.91. The molecule has 0 atom stereocenters. The Balaban J connectivity index is 1.48. The van der Waals surface area contributed by atoms with Gasteiger partial charge in [0, 0.05) is 38.8 Å². The standard InChI is InChI=1S/C15H24N4O2S/c20-22(21,14-3-4-14)18-8-5-15-16-11-13(19(15)10-9-18)12-17-6-1-2-7-17/h11,14H,1-10,12H2. The zero-order valence-electron chi connectivity index (χ0n) is 12.9. The normalized spacial score (nSPS) is 24.4. The number of aromatic nitrogens is 2. The van der Waals surface area contributed by atoms with Gasteiger partial charge in [0.05, 0.1) is 10.9 Å². The quantitative estimate of drug-likeness (QED) is 0.823. The molecule has 0 aromatic carbocycles. The molecule has 1 aromatic rings. The minimum absolute atomic E-state index is 0.109. The van der Waals surface area contributed by atoms with Crippen molar-refractivity contribution in [1.82, 2.24) is 18.8 Å². The number of nitrogens with zero attached hydrogens (tertiary/aromatic N) is 4. The molecule has 0 spiro atoms. The van der Waals surface area contributed by atoms with E-state index in [-0.39, 0.29) is 5.25 Å². The van der Waals surface area contributed by atoms with Crippen molar-refractivity contribution in [3.63, 3.8) is 0 Å². The van der Waals surface area contributed by atoms with E-state index in [0.29, 0.717) is 13.1 Å². The molecule has 0 bridgehead atoms. The van der Waals surface area contributed by atoms with Crippen LogP contribution in [0.4, 0.5) is 0 Å². The average molecular weight is 324 g/mol. The van der Waals surface area contributed by atoms with Crippen molar-refractivity contribution >= 4 is 10.0 Å². The Morgan fingerprint density at radius 1 is 1.09 bits per heavy atom. The molecule has 1 aromatic heterocycles. The van der Waals surface area contributed by atoms with Crippen molar-refractivity contribution in [2.45, 2.75) is 50.4 Å². The van der Waals surface area contributed by atoms with E-state index in [1.807, 2.05) is 6.20 Å². The fraction of sp³-hybridized carbons (Fsp3) is 0.800. The summed E-state index contributed by atoms with van der Waals surface area (Å²) in [6, 6.07) is 0. The summed E-state index contributed by atoms with van der Waals surface area (Å²) in [7, 11) is -3.06. The third-order valence-corrected chi connectivity index (χ3v) is 7.47. The summed E-state index contributed by atoms with van der Waals surface area (Å²) < 4.78 is 28.8. The molecule has 3 heterocycles. The highest BCUT2D eigenvalue weighted by Gasteiger charge is 2.40. The molecule has 4 rings (SSSR count). The molecule has 2 aliphatic heterocycles. The van der Waals surface area contributed by atoms with Crippen LogP contribution in [0.25, 0.3) is 0 Å². The number of sulfonamides is 1. The summed E-state index contributed by atoms with van der Waals surface area (Å²) in [4.78, 5) is 7.02. The zero-order chi connectivity index (χ0) is 15.2. The monoisotopic (exact) mass is 324 g/mol. The van der Waals surface area contributed by atoms with Crippen LogP contribution in [0.15, 0.2) is 6.20 Å². The molecule has 2 fully saturated rings. The van der Waals surface area contributed by atoms with Crippen molar-refractivity contribution in [1.29, 1.82) is 0 Å². The molecule has 1 saturated heterocycles. The Morgan fingerprint density at radius 3 is 2.59 bits per heavy atom. The lowest BCUT2D eigenvalue weighted by molar-refractivity contribution is 0.319. The van der Waals surface area contributed by atoms with Gasteiger partial charge in [-0.2, -0.15) is 4.31 Å². The first kappa shape index (κ1) is 14.7. The van der Waals surface area contributed by atoms with E-state index in [1.54, 1.807) is 4.31 Å². The van der Waals surface area contributed by atoms with Gasteiger partial charge in [-0.3, -0.25) is 4.90 Å². The van der Waals surface area contributed by atoms with Crippen LogP contribution in [0.1, 0.15) is 37.2 Å². The molecule has 122 valence electrons. The first-order valence-electron chi connectivity index (χ1n) is 8.39. The summed E-state index contributed by atoms with van der Waals surface area (Å²) in [6.45, 7) is 5.20. The van der Waals surface area contributed by atoms with Crippen LogP contribution >= 0.6 is 0 Å². The fourth-order valence-electron chi connectivity index (χ4n) is 3.60. The largest absolute Gasteiger partial charge is 0.329 e. The van der Waals surface area contributed by atoms with E-state index < -0.39 is 10.0 Å². The number of rotatable bonds is 4. The third-order valence-electron chi connectivity index (χ3n) is 5.07. The van der Waals surface area contributed by atoms with Crippen LogP contribution in [0.3, 0.4) is 0 Å². The SMILES string of the molecule is O=S(=O)(C1CC1)N1CCc2ncc(CN3CCCC3)n2CC1. The molecule has 1 saturated carbocycles. The molecular formula is C15H24N4O2S. The van der Waals surface area contributed by atoms with Gasteiger partial charge >= 0.3 is 0 Å². The van der Waals surface area contributed by atoms with E-state index in [9.17, 15) is 8.42 Å². The molecule has 0 unspecified atom stereocenters. The van der Waals surface area contributed by atoms with E-state index in [1.165, 1.54) is 31.6 Å². The summed E-state index contributed by atoms with van der Waals surface area (Å²) in [5, 5.41) is -0.109. The lowest BCUT2D eigenvalue weighted by Gasteiger charge is -2.20. The Labute approximate surface area is 132 Å². The predicted molar refractivity (Wildman–Crippen MR) is 84.0 cm³/mol. The van der Waals surface area contributed by atoms with Crippen LogP contribution in [0.5, 0.6) is 0 Å². The van der Waals surface area contributed by atoms with Gasteiger partial charge in [-0.25, -0.2) is 13.4 Å². The molecule has 0 N–H and O–H groups in total. The van der Waals surface area contributed by atoms with Crippen molar-refractivity contribution in [3.8, 4) is 0 Å². The van der Waals surface area contributed by atoms with Gasteiger partial charge in [0.25, 0.3) is 0 Å². The number of fused-ring (bicyclic) bond motifs is 1. The molecule has 1 aliphatic carbocycles. The lowest BCUT2D eigenvalue weighted by atomic mass is 10.4. The number of hydrogen-bond acceptors (Lipinski definition) is 4. The topological polar surface area (TPSA) is 58.4 Å². The Bertz CT molecular complexity index is 644. The highest BCUT2D eigenvalue weighted by Crippen LogP contribution is 2.31. The molecular weight excluding hydrogens is 300 g/mol. The van der Waals surface area contributed by atoms with Crippen LogP contribution < -0.4 is 0 Å². The maximum absolute atomic E-state index is 12.4. The average Bonchev–Trinajstić information content (AvgIpc) is 3.20. The van der Waals surface area contributed by atoms with Crippen LogP contribution in [0, 0.1) is 0 Å². The van der Waals surface area contributed by atoms with Crippen molar-refractivity contribution in [3.05, 3.63) is 17.7 Å². The van der Waals surface area contributed by atoms with Gasteiger partial charge in [-0.1, -0.05) is 0 Å². The van der Waals surface area contributed by atoms with Crippen molar-refractivity contribution in [2.75, 3.05) is 26.2 Å². The number of imidazole rings is 1. The smallest absolute Gasteiger partial charge is 0.217 e. The Hall–Kier alpha value is -0.920. The highest BCUT2D eigenvalue weighted by atomic mass is 32.2. The molecule has 22 heavy (non-hydrogen) atoms. The van der Waals surface area contributed by atoms with E-state index >= 15 is 0 Å². The summed E-state index contributed by atoms with van der Waals surface area (Å²) in [5.41, 5.74) is 1.24. The molecule has 6 nitrogen and oxygen atoms in total. The van der Waals surface area contributed by atoms with Crippen LogP contribution in [-0.2, 0) is 29.5 Å². The Morgan fingerprint density at radius 2 is 1.86 bits per heavy atom. The van der Waals surface area contributed by atoms with Crippen LogP contribution in [-0.4, -0.2) is 58.6 Å². The molecule has 3 aliphatic rings. The van der Waals surface area contributed by atoms with Gasteiger partial charge in [-0.05, 0) is 38.8 Å². The molecule has 7 heteroatoms. The summed E-state index contributed by atoms with van der Waals surface area (Å²) in [5.74, 6) is 1.04. The Kier molecular flexibility index (Phi) is 3.74. The van der Waals surface area contributed by atoms with Gasteiger partial charge in [-0.15, -0.1) is 0 Å². The van der Waals surface area contributed by atoms with Gasteiger partial charge in [0.15, 0.2) is 0 Å².